The molecule has 1 fully saturated rings. The molecule has 0 spiro atoms. The number of benzene rings is 1. The number of rotatable bonds is 5. The highest BCUT2D eigenvalue weighted by molar-refractivity contribution is 7.19. The zero-order valence-electron chi connectivity index (χ0n) is 15.6. The van der Waals surface area contributed by atoms with Crippen LogP contribution in [0.2, 0.25) is 0 Å². The second-order valence-electron chi connectivity index (χ2n) is 7.50. The van der Waals surface area contributed by atoms with E-state index in [1.54, 1.807) is 11.3 Å². The van der Waals surface area contributed by atoms with Crippen molar-refractivity contribution < 1.29 is 0 Å². The third-order valence-electron chi connectivity index (χ3n) is 4.70. The first-order chi connectivity index (χ1) is 12.5. The van der Waals surface area contributed by atoms with Gasteiger partial charge in [0.1, 0.15) is 5.01 Å². The van der Waals surface area contributed by atoms with Crippen molar-refractivity contribution in [3.05, 3.63) is 30.1 Å². The van der Waals surface area contributed by atoms with Crippen LogP contribution in [0.5, 0.6) is 0 Å². The summed E-state index contributed by atoms with van der Waals surface area (Å²) in [5.74, 6) is 1.55. The summed E-state index contributed by atoms with van der Waals surface area (Å²) in [5.41, 5.74) is 9.03. The van der Waals surface area contributed by atoms with Crippen molar-refractivity contribution in [2.24, 2.45) is 5.92 Å². The maximum Gasteiger partial charge on any atom is 0.235 e. The van der Waals surface area contributed by atoms with Gasteiger partial charge < -0.3 is 4.90 Å². The molecule has 4 rings (SSSR count). The van der Waals surface area contributed by atoms with E-state index in [-0.39, 0.29) is 6.04 Å². The van der Waals surface area contributed by atoms with E-state index in [2.05, 4.69) is 64.1 Å². The van der Waals surface area contributed by atoms with Crippen molar-refractivity contribution in [1.29, 1.82) is 0 Å². The molecule has 3 aromatic rings. The Kier molecular flexibility index (Phi) is 4.64. The van der Waals surface area contributed by atoms with Gasteiger partial charge in [-0.2, -0.15) is 9.61 Å². The predicted octanol–water partition coefficient (Wildman–Crippen LogP) is 2.87. The minimum Gasteiger partial charge on any atom is -0.378 e. The number of nitrogens with one attached hydrogen (secondary N) is 2. The SMILES string of the molecule is CC(C)CC1CC(c2nnc3sc(-c4ccc(N(C)C)cc4)nn23)NN1. The molecular weight excluding hydrogens is 346 g/mol. The van der Waals surface area contributed by atoms with Gasteiger partial charge in [-0.3, -0.25) is 5.43 Å². The number of nitrogens with zero attached hydrogens (tertiary/aromatic N) is 5. The lowest BCUT2D eigenvalue weighted by molar-refractivity contribution is 0.446. The Morgan fingerprint density at radius 2 is 1.96 bits per heavy atom. The van der Waals surface area contributed by atoms with Gasteiger partial charge in [0.25, 0.3) is 0 Å². The molecule has 0 bridgehead atoms. The highest BCUT2D eigenvalue weighted by atomic mass is 32.1. The molecule has 8 heteroatoms. The Morgan fingerprint density at radius 3 is 2.65 bits per heavy atom. The van der Waals surface area contributed by atoms with Crippen LogP contribution < -0.4 is 15.8 Å². The Bertz CT molecular complexity index is 881. The number of fused-ring (bicyclic) bond motifs is 1. The quantitative estimate of drug-likeness (QED) is 0.719. The zero-order valence-corrected chi connectivity index (χ0v) is 16.4. The van der Waals surface area contributed by atoms with E-state index in [1.165, 1.54) is 5.69 Å². The van der Waals surface area contributed by atoms with Crippen LogP contribution in [0, 0.1) is 5.92 Å². The number of hydrazine groups is 1. The molecule has 26 heavy (non-hydrogen) atoms. The Balaban J connectivity index is 1.57. The fourth-order valence-corrected chi connectivity index (χ4v) is 4.23. The minimum absolute atomic E-state index is 0.139. The maximum absolute atomic E-state index is 4.78. The predicted molar refractivity (Wildman–Crippen MR) is 105 cm³/mol. The van der Waals surface area contributed by atoms with Crippen molar-refractivity contribution in [2.75, 3.05) is 19.0 Å². The Labute approximate surface area is 157 Å². The summed E-state index contributed by atoms with van der Waals surface area (Å²) in [7, 11) is 4.08. The topological polar surface area (TPSA) is 70.4 Å². The van der Waals surface area contributed by atoms with Crippen molar-refractivity contribution in [1.82, 2.24) is 30.7 Å². The molecule has 1 saturated heterocycles. The first-order valence-electron chi connectivity index (χ1n) is 9.02. The van der Waals surface area contributed by atoms with Crippen molar-refractivity contribution in [3.8, 4) is 10.6 Å². The second kappa shape index (κ2) is 6.94. The fraction of sp³-hybridized carbons (Fsp3) is 0.500. The molecule has 2 aromatic heterocycles. The van der Waals surface area contributed by atoms with Gasteiger partial charge in [-0.25, -0.2) is 5.43 Å². The summed E-state index contributed by atoms with van der Waals surface area (Å²) in [6, 6.07) is 9.03. The van der Waals surface area contributed by atoms with Gasteiger partial charge in [0.05, 0.1) is 6.04 Å². The average molecular weight is 372 g/mol. The molecule has 2 N–H and O–H groups in total. The molecule has 3 heterocycles. The van der Waals surface area contributed by atoms with Gasteiger partial charge in [0.15, 0.2) is 5.82 Å². The molecule has 1 aliphatic rings. The van der Waals surface area contributed by atoms with Gasteiger partial charge in [-0.1, -0.05) is 25.2 Å². The molecular formula is C18H25N7S. The summed E-state index contributed by atoms with van der Waals surface area (Å²) in [6.45, 7) is 4.50. The summed E-state index contributed by atoms with van der Waals surface area (Å²) in [6.07, 6.45) is 2.15. The van der Waals surface area contributed by atoms with Gasteiger partial charge in [0.2, 0.25) is 4.96 Å². The highest BCUT2D eigenvalue weighted by Crippen LogP contribution is 2.30. The molecule has 0 aliphatic carbocycles. The fourth-order valence-electron chi connectivity index (χ4n) is 3.38. The molecule has 7 nitrogen and oxygen atoms in total. The number of anilines is 1. The standard InChI is InChI=1S/C18H25N7S/c1-11(2)9-13-10-15(20-19-13)16-21-22-18-25(16)23-17(26-18)12-5-7-14(8-6-12)24(3)4/h5-8,11,13,15,19-20H,9-10H2,1-4H3. The number of hydrogen-bond acceptors (Lipinski definition) is 7. The second-order valence-corrected chi connectivity index (χ2v) is 8.46. The van der Waals surface area contributed by atoms with Crippen LogP contribution in [0.3, 0.4) is 0 Å². The normalized spacial score (nSPS) is 20.3. The molecule has 1 aliphatic heterocycles. The highest BCUT2D eigenvalue weighted by Gasteiger charge is 2.30. The number of hydrogen-bond donors (Lipinski definition) is 2. The van der Waals surface area contributed by atoms with E-state index >= 15 is 0 Å². The molecule has 0 amide bonds. The molecule has 1 aromatic carbocycles. The van der Waals surface area contributed by atoms with Gasteiger partial charge >= 0.3 is 0 Å². The van der Waals surface area contributed by atoms with Crippen LogP contribution in [0.15, 0.2) is 24.3 Å². The van der Waals surface area contributed by atoms with Crippen molar-refractivity contribution >= 4 is 22.0 Å². The average Bonchev–Trinajstić information content (AvgIpc) is 3.29. The first-order valence-corrected chi connectivity index (χ1v) is 9.84. The van der Waals surface area contributed by atoms with Crippen LogP contribution in [-0.2, 0) is 0 Å². The minimum atomic E-state index is 0.139. The maximum atomic E-state index is 4.78. The summed E-state index contributed by atoms with van der Waals surface area (Å²) < 4.78 is 1.89. The summed E-state index contributed by atoms with van der Waals surface area (Å²) >= 11 is 1.57. The molecule has 138 valence electrons. The lowest BCUT2D eigenvalue weighted by Crippen LogP contribution is -2.32. The third kappa shape index (κ3) is 3.32. The largest absolute Gasteiger partial charge is 0.378 e. The Hall–Kier alpha value is -2.03. The van der Waals surface area contributed by atoms with E-state index in [4.69, 9.17) is 5.10 Å². The van der Waals surface area contributed by atoms with Crippen molar-refractivity contribution in [2.45, 2.75) is 38.8 Å². The zero-order chi connectivity index (χ0) is 18.3. The Morgan fingerprint density at radius 1 is 1.19 bits per heavy atom. The van der Waals surface area contributed by atoms with Gasteiger partial charge in [0, 0.05) is 31.4 Å². The van der Waals surface area contributed by atoms with Crippen LogP contribution in [-0.4, -0.2) is 39.9 Å². The molecule has 0 radical (unpaired) electrons. The molecule has 2 unspecified atom stereocenters. The monoisotopic (exact) mass is 371 g/mol. The van der Waals surface area contributed by atoms with E-state index in [9.17, 15) is 0 Å². The van der Waals surface area contributed by atoms with E-state index in [0.29, 0.717) is 12.0 Å². The van der Waals surface area contributed by atoms with Gasteiger partial charge in [-0.05, 0) is 43.0 Å². The number of aromatic nitrogens is 4. The lowest BCUT2D eigenvalue weighted by Gasteiger charge is -2.11. The third-order valence-corrected chi connectivity index (χ3v) is 5.64. The molecule has 2 atom stereocenters. The van der Waals surface area contributed by atoms with Crippen LogP contribution in [0.25, 0.3) is 15.5 Å². The van der Waals surface area contributed by atoms with Crippen LogP contribution in [0.4, 0.5) is 5.69 Å². The van der Waals surface area contributed by atoms with Gasteiger partial charge in [-0.15, -0.1) is 10.2 Å². The van der Waals surface area contributed by atoms with Crippen LogP contribution in [0.1, 0.15) is 38.6 Å². The van der Waals surface area contributed by atoms with Crippen LogP contribution >= 0.6 is 11.3 Å². The summed E-state index contributed by atoms with van der Waals surface area (Å²) in [4.78, 5) is 2.92. The van der Waals surface area contributed by atoms with E-state index in [1.807, 2.05) is 18.6 Å². The summed E-state index contributed by atoms with van der Waals surface area (Å²) in [5, 5.41) is 14.4. The van der Waals surface area contributed by atoms with E-state index < -0.39 is 0 Å². The first kappa shape index (κ1) is 17.4. The smallest absolute Gasteiger partial charge is 0.235 e. The molecule has 0 saturated carbocycles. The van der Waals surface area contributed by atoms with Crippen molar-refractivity contribution in [3.63, 3.8) is 0 Å². The lowest BCUT2D eigenvalue weighted by atomic mass is 10.00. The van der Waals surface area contributed by atoms with E-state index in [0.717, 1.165) is 34.2 Å².